The topological polar surface area (TPSA) is 79.9 Å². The summed E-state index contributed by atoms with van der Waals surface area (Å²) in [7, 11) is 1.60. The number of hydrogen-bond donors (Lipinski definition) is 2. The Morgan fingerprint density at radius 1 is 1.22 bits per heavy atom. The van der Waals surface area contributed by atoms with Gasteiger partial charge in [0.15, 0.2) is 0 Å². The van der Waals surface area contributed by atoms with Gasteiger partial charge in [0.1, 0.15) is 11.4 Å². The number of H-pyrrole nitrogens is 1. The number of aromatic nitrogens is 3. The molecule has 116 valence electrons. The zero-order chi connectivity index (χ0) is 16.1. The summed E-state index contributed by atoms with van der Waals surface area (Å²) in [6.45, 7) is 0.364. The quantitative estimate of drug-likeness (QED) is 0.758. The predicted molar refractivity (Wildman–Crippen MR) is 86.0 cm³/mol. The van der Waals surface area contributed by atoms with E-state index in [1.807, 2.05) is 42.5 Å². The highest BCUT2D eigenvalue weighted by molar-refractivity contribution is 5.93. The molecule has 2 N–H and O–H groups in total. The largest absolute Gasteiger partial charge is 0.496 e. The molecule has 6 heteroatoms. The van der Waals surface area contributed by atoms with Crippen LogP contribution in [0.4, 0.5) is 0 Å². The molecule has 0 unspecified atom stereocenters. The van der Waals surface area contributed by atoms with E-state index >= 15 is 0 Å². The molecule has 0 bridgehead atoms. The summed E-state index contributed by atoms with van der Waals surface area (Å²) in [5.74, 6) is 0.476. The molecule has 1 aromatic carbocycles. The molecule has 3 aromatic rings. The van der Waals surface area contributed by atoms with Crippen LogP contribution in [0.15, 0.2) is 54.7 Å². The van der Waals surface area contributed by atoms with Gasteiger partial charge in [-0.2, -0.15) is 5.10 Å². The minimum atomic E-state index is -0.232. The number of methoxy groups -OCH3 is 1. The van der Waals surface area contributed by atoms with Gasteiger partial charge >= 0.3 is 0 Å². The molecule has 0 radical (unpaired) electrons. The second kappa shape index (κ2) is 6.74. The lowest BCUT2D eigenvalue weighted by atomic mass is 10.1. The van der Waals surface area contributed by atoms with Gasteiger partial charge in [-0.25, -0.2) is 0 Å². The molecular weight excluding hydrogens is 292 g/mol. The molecule has 0 aliphatic carbocycles. The molecule has 0 spiro atoms. The number of ether oxygens (including phenoxy) is 1. The number of carbonyl (C=O) groups is 1. The van der Waals surface area contributed by atoms with Crippen molar-refractivity contribution >= 4 is 5.91 Å². The van der Waals surface area contributed by atoms with E-state index in [1.54, 1.807) is 19.4 Å². The molecular formula is C17H16N4O2. The van der Waals surface area contributed by atoms with Gasteiger partial charge in [0.05, 0.1) is 25.0 Å². The minimum absolute atomic E-state index is 0.232. The molecule has 2 heterocycles. The van der Waals surface area contributed by atoms with Crippen molar-refractivity contribution in [1.82, 2.24) is 20.5 Å². The highest BCUT2D eigenvalue weighted by Crippen LogP contribution is 2.28. The van der Waals surface area contributed by atoms with Crippen LogP contribution in [-0.4, -0.2) is 28.2 Å². The summed E-state index contributed by atoms with van der Waals surface area (Å²) < 4.78 is 5.31. The van der Waals surface area contributed by atoms with Crippen molar-refractivity contribution in [3.8, 4) is 17.0 Å². The van der Waals surface area contributed by atoms with Crippen molar-refractivity contribution in [3.05, 3.63) is 66.1 Å². The molecule has 0 aliphatic heterocycles. The standard InChI is InChI=1S/C17H16N4O2/c1-23-16-8-3-2-7-13(16)14-10-15(21-20-14)17(22)19-11-12-6-4-5-9-18-12/h2-10H,11H2,1H3,(H,19,22)(H,20,21). The van der Waals surface area contributed by atoms with Crippen LogP contribution < -0.4 is 10.1 Å². The van der Waals surface area contributed by atoms with Crippen LogP contribution in [0, 0.1) is 0 Å². The van der Waals surface area contributed by atoms with Crippen molar-refractivity contribution < 1.29 is 9.53 Å². The maximum absolute atomic E-state index is 12.2. The number of aromatic amines is 1. The Kier molecular flexibility index (Phi) is 4.33. The predicted octanol–water partition coefficient (Wildman–Crippen LogP) is 2.41. The van der Waals surface area contributed by atoms with Crippen molar-refractivity contribution in [3.63, 3.8) is 0 Å². The van der Waals surface area contributed by atoms with Crippen LogP contribution in [-0.2, 0) is 6.54 Å². The van der Waals surface area contributed by atoms with Gasteiger partial charge in [-0.15, -0.1) is 0 Å². The van der Waals surface area contributed by atoms with E-state index in [-0.39, 0.29) is 5.91 Å². The zero-order valence-corrected chi connectivity index (χ0v) is 12.6. The molecule has 1 amide bonds. The lowest BCUT2D eigenvalue weighted by molar-refractivity contribution is 0.0945. The number of para-hydroxylation sites is 1. The molecule has 0 aliphatic rings. The minimum Gasteiger partial charge on any atom is -0.496 e. The van der Waals surface area contributed by atoms with Crippen molar-refractivity contribution in [1.29, 1.82) is 0 Å². The fourth-order valence-corrected chi connectivity index (χ4v) is 2.20. The van der Waals surface area contributed by atoms with Crippen molar-refractivity contribution in [2.24, 2.45) is 0 Å². The van der Waals surface area contributed by atoms with Crippen LogP contribution >= 0.6 is 0 Å². The van der Waals surface area contributed by atoms with Crippen LogP contribution in [0.1, 0.15) is 16.2 Å². The van der Waals surface area contributed by atoms with E-state index in [4.69, 9.17) is 4.74 Å². The van der Waals surface area contributed by atoms with Gasteiger partial charge in [0.2, 0.25) is 0 Å². The van der Waals surface area contributed by atoms with Crippen LogP contribution in [0.5, 0.6) is 5.75 Å². The summed E-state index contributed by atoms with van der Waals surface area (Å²) in [6, 6.07) is 14.8. The van der Waals surface area contributed by atoms with E-state index in [2.05, 4.69) is 20.5 Å². The Bertz CT molecular complexity index is 799. The second-order valence-corrected chi connectivity index (χ2v) is 4.87. The molecule has 0 fully saturated rings. The van der Waals surface area contributed by atoms with Gasteiger partial charge in [-0.05, 0) is 30.3 Å². The lowest BCUT2D eigenvalue weighted by Gasteiger charge is -2.04. The van der Waals surface area contributed by atoms with Gasteiger partial charge in [0.25, 0.3) is 5.91 Å². The number of nitrogens with zero attached hydrogens (tertiary/aromatic N) is 2. The summed E-state index contributed by atoms with van der Waals surface area (Å²) in [4.78, 5) is 16.3. The third kappa shape index (κ3) is 3.37. The molecule has 0 saturated carbocycles. The van der Waals surface area contributed by atoms with Crippen LogP contribution in [0.3, 0.4) is 0 Å². The van der Waals surface area contributed by atoms with Gasteiger partial charge in [-0.1, -0.05) is 18.2 Å². The molecule has 3 rings (SSSR count). The summed E-state index contributed by atoms with van der Waals surface area (Å²) in [5.41, 5.74) is 2.67. The van der Waals surface area contributed by atoms with Gasteiger partial charge in [-0.3, -0.25) is 14.9 Å². The van der Waals surface area contributed by atoms with Crippen molar-refractivity contribution in [2.45, 2.75) is 6.54 Å². The Labute approximate surface area is 133 Å². The smallest absolute Gasteiger partial charge is 0.269 e. The first-order valence-corrected chi connectivity index (χ1v) is 7.15. The SMILES string of the molecule is COc1ccccc1-c1cc(C(=O)NCc2ccccn2)[nH]n1. The monoisotopic (exact) mass is 308 g/mol. The number of amides is 1. The summed E-state index contributed by atoms with van der Waals surface area (Å²) in [6.07, 6.45) is 1.69. The first-order chi connectivity index (χ1) is 11.3. The number of hydrogen-bond acceptors (Lipinski definition) is 4. The lowest BCUT2D eigenvalue weighted by Crippen LogP contribution is -2.23. The molecule has 0 saturated heterocycles. The third-order valence-corrected chi connectivity index (χ3v) is 3.36. The fraction of sp³-hybridized carbons (Fsp3) is 0.118. The molecule has 23 heavy (non-hydrogen) atoms. The Morgan fingerprint density at radius 3 is 2.83 bits per heavy atom. The number of rotatable bonds is 5. The number of pyridine rings is 1. The summed E-state index contributed by atoms with van der Waals surface area (Å²) >= 11 is 0. The molecule has 2 aromatic heterocycles. The maximum atomic E-state index is 12.2. The Morgan fingerprint density at radius 2 is 2.04 bits per heavy atom. The summed E-state index contributed by atoms with van der Waals surface area (Å²) in [5, 5.41) is 9.75. The van der Waals surface area contributed by atoms with Crippen LogP contribution in [0.2, 0.25) is 0 Å². The van der Waals surface area contributed by atoms with E-state index in [1.165, 1.54) is 0 Å². The second-order valence-electron chi connectivity index (χ2n) is 4.87. The normalized spacial score (nSPS) is 10.3. The maximum Gasteiger partial charge on any atom is 0.269 e. The number of nitrogens with one attached hydrogen (secondary N) is 2. The number of carbonyl (C=O) groups excluding carboxylic acids is 1. The Hall–Kier alpha value is -3.15. The van der Waals surface area contributed by atoms with E-state index in [9.17, 15) is 4.79 Å². The Balaban J connectivity index is 1.72. The van der Waals surface area contributed by atoms with Crippen LogP contribution in [0.25, 0.3) is 11.3 Å². The highest BCUT2D eigenvalue weighted by Gasteiger charge is 2.13. The van der Waals surface area contributed by atoms with E-state index in [0.717, 1.165) is 11.3 Å². The third-order valence-electron chi connectivity index (χ3n) is 3.36. The first-order valence-electron chi connectivity index (χ1n) is 7.15. The van der Waals surface area contributed by atoms with Crippen molar-refractivity contribution in [2.75, 3.05) is 7.11 Å². The fourth-order valence-electron chi connectivity index (χ4n) is 2.20. The van der Waals surface area contributed by atoms with Gasteiger partial charge < -0.3 is 10.1 Å². The van der Waals surface area contributed by atoms with E-state index in [0.29, 0.717) is 23.7 Å². The number of benzene rings is 1. The average molecular weight is 308 g/mol. The first kappa shape index (κ1) is 14.8. The van der Waals surface area contributed by atoms with Gasteiger partial charge in [0, 0.05) is 11.8 Å². The highest BCUT2D eigenvalue weighted by atomic mass is 16.5. The van der Waals surface area contributed by atoms with E-state index < -0.39 is 0 Å². The molecule has 0 atom stereocenters. The molecule has 6 nitrogen and oxygen atoms in total. The zero-order valence-electron chi connectivity index (χ0n) is 12.6. The average Bonchev–Trinajstić information content (AvgIpc) is 3.10.